The number of halogens is 7. The molecule has 0 amide bonds. The van der Waals surface area contributed by atoms with Gasteiger partial charge in [0.1, 0.15) is 17.3 Å². The highest BCUT2D eigenvalue weighted by Crippen LogP contribution is 2.38. The molecule has 102 valence electrons. The number of anilines is 1. The lowest BCUT2D eigenvalue weighted by Gasteiger charge is -2.24. The highest BCUT2D eigenvalue weighted by Gasteiger charge is 2.59. The lowest BCUT2D eigenvalue weighted by Crippen LogP contribution is -2.46. The van der Waals surface area contributed by atoms with Crippen LogP contribution >= 0.6 is 0 Å². The van der Waals surface area contributed by atoms with Crippen LogP contribution in [0.25, 0.3) is 0 Å². The zero-order chi connectivity index (χ0) is 14.1. The normalized spacial score (nSPS) is 12.9. The second kappa shape index (κ2) is 4.54. The van der Waals surface area contributed by atoms with E-state index >= 15 is 0 Å². The van der Waals surface area contributed by atoms with Gasteiger partial charge >= 0.3 is 12.4 Å². The van der Waals surface area contributed by atoms with Crippen LogP contribution in [0.4, 0.5) is 36.4 Å². The number of nitrogen functional groups attached to an aromatic ring is 1. The van der Waals surface area contributed by atoms with Gasteiger partial charge in [-0.2, -0.15) is 26.3 Å². The summed E-state index contributed by atoms with van der Waals surface area (Å²) in [5.74, 6) is -2.19. The molecule has 0 aliphatic heterocycles. The van der Waals surface area contributed by atoms with E-state index in [1.807, 2.05) is 0 Å². The van der Waals surface area contributed by atoms with Crippen LogP contribution < -0.4 is 10.5 Å². The van der Waals surface area contributed by atoms with E-state index in [4.69, 9.17) is 5.73 Å². The maximum atomic E-state index is 12.9. The van der Waals surface area contributed by atoms with Gasteiger partial charge < -0.3 is 10.5 Å². The first kappa shape index (κ1) is 14.4. The summed E-state index contributed by atoms with van der Waals surface area (Å²) in [6.07, 6.45) is -15.4. The van der Waals surface area contributed by atoms with Crippen LogP contribution in [0, 0.1) is 5.82 Å². The Hall–Kier alpha value is -1.67. The lowest BCUT2D eigenvalue weighted by atomic mass is 10.2. The van der Waals surface area contributed by atoms with Crippen molar-refractivity contribution in [2.24, 2.45) is 0 Å². The van der Waals surface area contributed by atoms with E-state index in [9.17, 15) is 30.7 Å². The fourth-order valence-corrected chi connectivity index (χ4v) is 1.07. The highest BCUT2D eigenvalue weighted by molar-refractivity contribution is 5.53. The predicted molar refractivity (Wildman–Crippen MR) is 47.3 cm³/mol. The number of rotatable bonds is 2. The van der Waals surface area contributed by atoms with Gasteiger partial charge in [-0.3, -0.25) is 0 Å². The monoisotopic (exact) mass is 277 g/mol. The van der Waals surface area contributed by atoms with Gasteiger partial charge in [-0.15, -0.1) is 0 Å². The van der Waals surface area contributed by atoms with Gasteiger partial charge in [0.05, 0.1) is 0 Å². The molecule has 0 saturated carbocycles. The molecule has 0 heterocycles. The minimum Gasteiger partial charge on any atom is -0.469 e. The molecule has 0 radical (unpaired) electrons. The zero-order valence-corrected chi connectivity index (χ0v) is 8.44. The largest absolute Gasteiger partial charge is 0.469 e. The van der Waals surface area contributed by atoms with Crippen molar-refractivity contribution >= 4 is 5.69 Å². The van der Waals surface area contributed by atoms with Gasteiger partial charge in [-0.1, -0.05) is 6.07 Å². The van der Waals surface area contributed by atoms with Gasteiger partial charge in [0.15, 0.2) is 0 Å². The van der Waals surface area contributed by atoms with Crippen LogP contribution in [-0.2, 0) is 0 Å². The topological polar surface area (TPSA) is 35.2 Å². The minimum atomic E-state index is -5.68. The average Bonchev–Trinajstić information content (AvgIpc) is 2.16. The molecule has 0 atom stereocenters. The number of hydrogen-bond donors (Lipinski definition) is 1. The third kappa shape index (κ3) is 3.17. The van der Waals surface area contributed by atoms with Gasteiger partial charge in [-0.25, -0.2) is 4.39 Å². The molecule has 0 spiro atoms. The van der Waals surface area contributed by atoms with Crippen molar-refractivity contribution in [3.05, 3.63) is 24.0 Å². The Morgan fingerprint density at radius 1 is 1.00 bits per heavy atom. The third-order valence-electron chi connectivity index (χ3n) is 1.85. The number of alkyl halides is 6. The van der Waals surface area contributed by atoms with Crippen molar-refractivity contribution in [1.29, 1.82) is 0 Å². The van der Waals surface area contributed by atoms with Crippen LogP contribution in [0.2, 0.25) is 0 Å². The number of nitrogens with two attached hydrogens (primary N) is 1. The number of ether oxygens (including phenoxy) is 1. The Morgan fingerprint density at radius 3 is 1.94 bits per heavy atom. The number of benzene rings is 1. The van der Waals surface area contributed by atoms with Crippen molar-refractivity contribution in [1.82, 2.24) is 0 Å². The fraction of sp³-hybridized carbons (Fsp3) is 0.333. The summed E-state index contributed by atoms with van der Waals surface area (Å²) >= 11 is 0. The van der Waals surface area contributed by atoms with Crippen molar-refractivity contribution in [2.45, 2.75) is 18.5 Å². The molecule has 0 unspecified atom stereocenters. The zero-order valence-electron chi connectivity index (χ0n) is 8.44. The Bertz CT molecular complexity index is 412. The van der Waals surface area contributed by atoms with Crippen molar-refractivity contribution < 1.29 is 35.5 Å². The number of hydrogen-bond acceptors (Lipinski definition) is 2. The molecule has 0 aliphatic rings. The maximum Gasteiger partial charge on any atom is 0.434 e. The van der Waals surface area contributed by atoms with Crippen LogP contribution in [0.5, 0.6) is 5.75 Å². The molecule has 0 bridgehead atoms. The molecule has 1 aromatic carbocycles. The van der Waals surface area contributed by atoms with Crippen LogP contribution in [0.15, 0.2) is 18.2 Å². The second-order valence-corrected chi connectivity index (χ2v) is 3.23. The van der Waals surface area contributed by atoms with Crippen LogP contribution in [0.1, 0.15) is 0 Å². The summed E-state index contributed by atoms with van der Waals surface area (Å²) in [6, 6.07) is 2.37. The smallest absolute Gasteiger partial charge is 0.434 e. The van der Waals surface area contributed by atoms with Crippen molar-refractivity contribution in [3.8, 4) is 5.75 Å². The van der Waals surface area contributed by atoms with Gasteiger partial charge in [-0.05, 0) is 12.1 Å². The van der Waals surface area contributed by atoms with Gasteiger partial charge in [0.2, 0.25) is 0 Å². The van der Waals surface area contributed by atoms with Crippen LogP contribution in [0.3, 0.4) is 0 Å². The predicted octanol–water partition coefficient (Wildman–Crippen LogP) is 3.28. The highest BCUT2D eigenvalue weighted by atomic mass is 19.4. The summed E-state index contributed by atoms with van der Waals surface area (Å²) in [7, 11) is 0. The van der Waals surface area contributed by atoms with Crippen molar-refractivity contribution in [3.63, 3.8) is 0 Å². The summed E-state index contributed by atoms with van der Waals surface area (Å²) in [4.78, 5) is 0. The Kier molecular flexibility index (Phi) is 3.63. The molecule has 1 rings (SSSR count). The molecular weight excluding hydrogens is 271 g/mol. The number of para-hydroxylation sites is 1. The van der Waals surface area contributed by atoms with E-state index in [1.54, 1.807) is 0 Å². The quantitative estimate of drug-likeness (QED) is 0.665. The molecule has 0 aromatic heterocycles. The summed E-state index contributed by atoms with van der Waals surface area (Å²) < 4.78 is 89.5. The van der Waals surface area contributed by atoms with E-state index in [-0.39, 0.29) is 0 Å². The molecule has 0 aliphatic carbocycles. The molecule has 2 N–H and O–H groups in total. The molecule has 2 nitrogen and oxygen atoms in total. The molecule has 0 saturated heterocycles. The third-order valence-corrected chi connectivity index (χ3v) is 1.85. The van der Waals surface area contributed by atoms with Gasteiger partial charge in [0.25, 0.3) is 6.10 Å². The first-order valence-electron chi connectivity index (χ1n) is 4.37. The van der Waals surface area contributed by atoms with E-state index in [0.29, 0.717) is 6.07 Å². The Balaban J connectivity index is 3.09. The summed E-state index contributed by atoms with van der Waals surface area (Å²) in [5, 5.41) is 0. The average molecular weight is 277 g/mol. The summed E-state index contributed by atoms with van der Waals surface area (Å²) in [6.45, 7) is 0. The van der Waals surface area contributed by atoms with E-state index < -0.39 is 35.7 Å². The van der Waals surface area contributed by atoms with E-state index in [2.05, 4.69) is 4.74 Å². The molecule has 18 heavy (non-hydrogen) atoms. The molecule has 1 aromatic rings. The molecular formula is C9H6F7NO. The molecule has 9 heteroatoms. The maximum absolute atomic E-state index is 12.9. The van der Waals surface area contributed by atoms with Crippen molar-refractivity contribution in [2.75, 3.05) is 5.73 Å². The SMILES string of the molecule is Nc1c(F)cccc1OC(C(F)(F)F)C(F)(F)F. The van der Waals surface area contributed by atoms with E-state index in [0.717, 1.165) is 12.1 Å². The lowest BCUT2D eigenvalue weighted by molar-refractivity contribution is -0.299. The first-order chi connectivity index (χ1) is 8.03. The Morgan fingerprint density at radius 2 is 1.50 bits per heavy atom. The van der Waals surface area contributed by atoms with Crippen LogP contribution in [-0.4, -0.2) is 18.5 Å². The molecule has 0 fully saturated rings. The first-order valence-corrected chi connectivity index (χ1v) is 4.37. The fourth-order valence-electron chi connectivity index (χ4n) is 1.07. The standard InChI is InChI=1S/C9H6F7NO/c10-4-2-1-3-5(6(4)17)18-7(8(11,12)13)9(14,15)16/h1-3,7H,17H2. The van der Waals surface area contributed by atoms with E-state index in [1.165, 1.54) is 0 Å². The Labute approximate surface area is 96.1 Å². The van der Waals surface area contributed by atoms with Gasteiger partial charge in [0, 0.05) is 0 Å². The minimum absolute atomic E-state index is 0.711. The second-order valence-electron chi connectivity index (χ2n) is 3.23. The summed E-state index contributed by atoms with van der Waals surface area (Å²) in [5.41, 5.74) is 4.06.